The van der Waals surface area contributed by atoms with Gasteiger partial charge in [0.15, 0.2) is 5.37 Å². The van der Waals surface area contributed by atoms with E-state index >= 15 is 0 Å². The third-order valence-electron chi connectivity index (χ3n) is 5.40. The van der Waals surface area contributed by atoms with Crippen LogP contribution in [0.25, 0.3) is 10.6 Å². The first kappa shape index (κ1) is 23.3. The van der Waals surface area contributed by atoms with Crippen LogP contribution in [0.1, 0.15) is 36.0 Å². The molecule has 0 amide bonds. The second-order valence-electron chi connectivity index (χ2n) is 7.54. The number of carboxylic acids is 1. The summed E-state index contributed by atoms with van der Waals surface area (Å²) in [6.07, 6.45) is -1.56. The molecule has 170 valence electrons. The van der Waals surface area contributed by atoms with Crippen LogP contribution in [0.3, 0.4) is 0 Å². The Kier molecular flexibility index (Phi) is 6.68. The lowest BCUT2D eigenvalue weighted by Gasteiger charge is -2.40. The number of hydrogen-bond donors (Lipinski definition) is 1. The van der Waals surface area contributed by atoms with Gasteiger partial charge >= 0.3 is 12.1 Å². The summed E-state index contributed by atoms with van der Waals surface area (Å²) in [6.45, 7) is 1.36. The zero-order chi connectivity index (χ0) is 23.0. The Morgan fingerprint density at radius 1 is 1.03 bits per heavy atom. The van der Waals surface area contributed by atoms with Crippen molar-refractivity contribution in [2.75, 3.05) is 13.1 Å². The van der Waals surface area contributed by atoms with Crippen molar-refractivity contribution in [2.24, 2.45) is 0 Å². The van der Waals surface area contributed by atoms with Gasteiger partial charge < -0.3 is 5.11 Å². The molecule has 0 saturated carbocycles. The van der Waals surface area contributed by atoms with Gasteiger partial charge in [-0.1, -0.05) is 53.5 Å². The molecule has 2 aliphatic heterocycles. The fourth-order valence-electron chi connectivity index (χ4n) is 3.92. The highest BCUT2D eigenvalue weighted by molar-refractivity contribution is 8.10. The fraction of sp³-hybridized carbons (Fsp3) is 0.318. The number of thioether (sulfide) groups is 1. The van der Waals surface area contributed by atoms with Gasteiger partial charge in [0.05, 0.1) is 16.3 Å². The van der Waals surface area contributed by atoms with Crippen LogP contribution in [-0.2, 0) is 11.0 Å². The highest BCUT2D eigenvalue weighted by Crippen LogP contribution is 2.51. The number of halogens is 5. The first-order chi connectivity index (χ1) is 15.2. The Hall–Kier alpha value is -1.87. The third-order valence-corrected chi connectivity index (χ3v) is 7.24. The Balaban J connectivity index is 1.89. The first-order valence-electron chi connectivity index (χ1n) is 9.97. The van der Waals surface area contributed by atoms with Crippen molar-refractivity contribution in [1.29, 1.82) is 0 Å². The Bertz CT molecular complexity index is 1050. The number of hydrazine groups is 1. The molecule has 0 radical (unpaired) electrons. The summed E-state index contributed by atoms with van der Waals surface area (Å²) in [5, 5.41) is 13.5. The molecule has 0 bridgehead atoms. The maximum absolute atomic E-state index is 13.1. The van der Waals surface area contributed by atoms with Crippen molar-refractivity contribution in [2.45, 2.75) is 30.8 Å². The van der Waals surface area contributed by atoms with Crippen molar-refractivity contribution in [1.82, 2.24) is 10.0 Å². The van der Waals surface area contributed by atoms with Gasteiger partial charge in [-0.15, -0.1) is 0 Å². The van der Waals surface area contributed by atoms with Gasteiger partial charge in [-0.05, 0) is 48.7 Å². The SMILES string of the molecule is O=C(O)C1SC(c2ccc(C(F)(F)F)cc2)=C(c2ccc(Cl)cc2Cl)N1N1CCCCC1. The number of benzene rings is 2. The molecule has 2 aromatic rings. The Labute approximate surface area is 197 Å². The molecule has 2 aromatic carbocycles. The van der Waals surface area contributed by atoms with Crippen molar-refractivity contribution in [3.63, 3.8) is 0 Å². The van der Waals surface area contributed by atoms with Gasteiger partial charge in [-0.2, -0.15) is 13.2 Å². The van der Waals surface area contributed by atoms with E-state index in [-0.39, 0.29) is 0 Å². The molecule has 1 atom stereocenters. The largest absolute Gasteiger partial charge is 0.479 e. The number of nitrogens with zero attached hydrogens (tertiary/aromatic N) is 2. The molecular formula is C22H19Cl2F3N2O2S. The zero-order valence-corrected chi connectivity index (χ0v) is 19.0. The zero-order valence-electron chi connectivity index (χ0n) is 16.7. The van der Waals surface area contributed by atoms with Crippen LogP contribution >= 0.6 is 35.0 Å². The quantitative estimate of drug-likeness (QED) is 0.503. The smallest absolute Gasteiger partial charge is 0.416 e. The Morgan fingerprint density at radius 3 is 2.25 bits per heavy atom. The maximum Gasteiger partial charge on any atom is 0.416 e. The van der Waals surface area contributed by atoms with E-state index in [9.17, 15) is 23.1 Å². The fourth-order valence-corrected chi connectivity index (χ4v) is 5.67. The molecule has 0 aliphatic carbocycles. The maximum atomic E-state index is 13.1. The van der Waals surface area contributed by atoms with Crippen LogP contribution in [0.4, 0.5) is 13.2 Å². The molecule has 1 unspecified atom stereocenters. The highest BCUT2D eigenvalue weighted by atomic mass is 35.5. The summed E-state index contributed by atoms with van der Waals surface area (Å²) in [4.78, 5) is 12.8. The van der Waals surface area contributed by atoms with Crippen LogP contribution in [0.2, 0.25) is 10.0 Å². The van der Waals surface area contributed by atoms with Gasteiger partial charge in [0.2, 0.25) is 0 Å². The first-order valence-corrected chi connectivity index (χ1v) is 11.6. The van der Waals surface area contributed by atoms with Crippen LogP contribution in [0.5, 0.6) is 0 Å². The molecule has 4 rings (SSSR count). The average Bonchev–Trinajstić information content (AvgIpc) is 3.14. The van der Waals surface area contributed by atoms with E-state index in [1.165, 1.54) is 12.1 Å². The average molecular weight is 503 g/mol. The minimum absolute atomic E-state index is 0.338. The van der Waals surface area contributed by atoms with Crippen LogP contribution in [0.15, 0.2) is 42.5 Å². The summed E-state index contributed by atoms with van der Waals surface area (Å²) in [7, 11) is 0. The normalized spacial score (nSPS) is 20.2. The van der Waals surface area contributed by atoms with E-state index in [4.69, 9.17) is 23.2 Å². The molecule has 0 spiro atoms. The number of rotatable bonds is 4. The second-order valence-corrected chi connectivity index (χ2v) is 9.48. The molecule has 2 aliphatic rings. The van der Waals surface area contributed by atoms with E-state index in [1.807, 2.05) is 5.01 Å². The summed E-state index contributed by atoms with van der Waals surface area (Å²) < 4.78 is 39.2. The van der Waals surface area contributed by atoms with Crippen molar-refractivity contribution < 1.29 is 23.1 Å². The predicted octanol–water partition coefficient (Wildman–Crippen LogP) is 6.70. The minimum atomic E-state index is -4.46. The summed E-state index contributed by atoms with van der Waals surface area (Å²) in [6, 6.07) is 9.69. The second kappa shape index (κ2) is 9.17. The van der Waals surface area contributed by atoms with Gasteiger partial charge in [0.25, 0.3) is 0 Å². The van der Waals surface area contributed by atoms with E-state index in [1.54, 1.807) is 23.2 Å². The molecule has 4 nitrogen and oxygen atoms in total. The number of carboxylic acid groups (broad SMARTS) is 1. The monoisotopic (exact) mass is 502 g/mol. The minimum Gasteiger partial charge on any atom is -0.479 e. The van der Waals surface area contributed by atoms with Gasteiger partial charge in [-0.25, -0.2) is 9.80 Å². The number of alkyl halides is 3. The van der Waals surface area contributed by atoms with Crippen molar-refractivity contribution >= 4 is 51.5 Å². The number of aliphatic carboxylic acids is 1. The van der Waals surface area contributed by atoms with Gasteiger partial charge in [-0.3, -0.25) is 5.01 Å². The predicted molar refractivity (Wildman–Crippen MR) is 121 cm³/mol. The standard InChI is InChI=1S/C22H19Cl2F3N2O2S/c23-15-8-9-16(17(24)12-15)18-19(13-4-6-14(7-5-13)22(25,26)27)32-20(21(30)31)29(18)28-10-2-1-3-11-28/h4-9,12,20H,1-3,10-11H2,(H,30,31). The summed E-state index contributed by atoms with van der Waals surface area (Å²) in [5.74, 6) is -1.04. The highest BCUT2D eigenvalue weighted by Gasteiger charge is 2.43. The van der Waals surface area contributed by atoms with Crippen LogP contribution < -0.4 is 0 Å². The number of carbonyl (C=O) groups is 1. The van der Waals surface area contributed by atoms with E-state index in [0.29, 0.717) is 44.9 Å². The summed E-state index contributed by atoms with van der Waals surface area (Å²) >= 11 is 13.7. The third kappa shape index (κ3) is 4.59. The van der Waals surface area contributed by atoms with Crippen molar-refractivity contribution in [3.8, 4) is 0 Å². The Morgan fingerprint density at radius 2 is 1.69 bits per heavy atom. The van der Waals surface area contributed by atoms with Gasteiger partial charge in [0.1, 0.15) is 0 Å². The topological polar surface area (TPSA) is 43.8 Å². The number of hydrogen-bond acceptors (Lipinski definition) is 4. The molecule has 1 fully saturated rings. The molecule has 1 saturated heterocycles. The number of piperidine rings is 1. The lowest BCUT2D eigenvalue weighted by Crippen LogP contribution is -2.49. The van der Waals surface area contributed by atoms with E-state index < -0.39 is 23.1 Å². The lowest BCUT2D eigenvalue weighted by atomic mass is 10.1. The molecule has 1 N–H and O–H groups in total. The molecule has 32 heavy (non-hydrogen) atoms. The molecular weight excluding hydrogens is 484 g/mol. The lowest BCUT2D eigenvalue weighted by molar-refractivity contribution is -0.143. The van der Waals surface area contributed by atoms with E-state index in [0.717, 1.165) is 43.2 Å². The molecule has 2 heterocycles. The summed E-state index contributed by atoms with van der Waals surface area (Å²) in [5.41, 5.74) is 0.867. The van der Waals surface area contributed by atoms with Crippen LogP contribution in [-0.4, -0.2) is 39.6 Å². The van der Waals surface area contributed by atoms with E-state index in [2.05, 4.69) is 0 Å². The van der Waals surface area contributed by atoms with Gasteiger partial charge in [0, 0.05) is 28.6 Å². The van der Waals surface area contributed by atoms with Crippen molar-refractivity contribution in [3.05, 3.63) is 69.2 Å². The molecule has 0 aromatic heterocycles. The molecule has 10 heteroatoms. The van der Waals surface area contributed by atoms with Crippen LogP contribution in [0, 0.1) is 0 Å².